The third-order valence-electron chi connectivity index (χ3n) is 0. The molecule has 0 spiro atoms. The van der Waals surface area contributed by atoms with E-state index in [4.69, 9.17) is 0 Å². The predicted molar refractivity (Wildman–Crippen MR) is 27.9 cm³/mol. The molecule has 0 aliphatic heterocycles. The first kappa shape index (κ1) is 28.6. The Morgan fingerprint density at radius 2 is 1.25 bits per heavy atom. The van der Waals surface area contributed by atoms with Gasteiger partial charge in [0.25, 0.3) is 0 Å². The SMILES string of the molecule is [GaH3].[H-].[H-].[InH3].[Mg+2].[Zn]. The van der Waals surface area contributed by atoms with Crippen LogP contribution >= 0.6 is 0 Å². The quantitative estimate of drug-likeness (QED) is 0.430. The third-order valence-corrected chi connectivity index (χ3v) is 0. The molecule has 0 aromatic heterocycles. The van der Waals surface area contributed by atoms with E-state index in [0.717, 1.165) is 0 Å². The number of hydrogen-bond acceptors (Lipinski definition) is 0. The van der Waals surface area contributed by atoms with Crippen molar-refractivity contribution in [2.24, 2.45) is 0 Å². The van der Waals surface area contributed by atoms with E-state index in [1.807, 2.05) is 0 Å². The van der Waals surface area contributed by atoms with Crippen molar-refractivity contribution in [2.45, 2.75) is 0 Å². The topological polar surface area (TPSA) is 0 Å². The largest absolute Gasteiger partial charge is 2.00 e. The first-order chi connectivity index (χ1) is 0. The molecule has 0 heterocycles. The molecule has 4 heavy (non-hydrogen) atoms. The van der Waals surface area contributed by atoms with Crippen LogP contribution in [0.5, 0.6) is 0 Å². The van der Waals surface area contributed by atoms with E-state index < -0.39 is 0 Å². The number of rotatable bonds is 0. The van der Waals surface area contributed by atoms with Gasteiger partial charge in [0.05, 0.1) is 0 Å². The molecule has 0 radical (unpaired) electrons. The van der Waals surface area contributed by atoms with Crippen molar-refractivity contribution in [2.75, 3.05) is 0 Å². The summed E-state index contributed by atoms with van der Waals surface area (Å²) < 4.78 is 0. The van der Waals surface area contributed by atoms with Gasteiger partial charge in [0.1, 0.15) is 0 Å². The molecule has 0 fully saturated rings. The minimum Gasteiger partial charge on any atom is 0 e. The molecule has 0 bridgehead atoms. The first-order valence-electron chi connectivity index (χ1n) is 0. The Morgan fingerprint density at radius 3 is 1.25 bits per heavy atom. The van der Waals surface area contributed by atoms with Gasteiger partial charge in [-0.2, -0.15) is 0 Å². The molecular weight excluding hydrogens is 274 g/mol. The molecular formula is H8GaInMgZn. The Hall–Kier alpha value is 2.90. The molecule has 0 aliphatic rings. The van der Waals surface area contributed by atoms with Crippen molar-refractivity contribution in [3.05, 3.63) is 0 Å². The minimum atomic E-state index is 0. The fraction of sp³-hybridized carbons (Fsp3) is 0. The van der Waals surface area contributed by atoms with E-state index in [1.165, 1.54) is 0 Å². The van der Waals surface area contributed by atoms with Gasteiger partial charge in [-0.15, -0.1) is 0 Å². The number of hydrogen-bond donors (Lipinski definition) is 0. The summed E-state index contributed by atoms with van der Waals surface area (Å²) in [6, 6.07) is 0. The van der Waals surface area contributed by atoms with E-state index in [9.17, 15) is 0 Å². The second-order valence-corrected chi connectivity index (χ2v) is 0. The Balaban J connectivity index is 0. The average Bonchev–Trinajstić information content (AvgIpc) is 0. The molecule has 0 amide bonds. The van der Waals surface area contributed by atoms with E-state index in [0.29, 0.717) is 0 Å². The summed E-state index contributed by atoms with van der Waals surface area (Å²) in [6.07, 6.45) is 0. The standard InChI is InChI=1S/Ga.In.Mg.Zn.8H/q;;+2;;;;;;;;2*-1. The van der Waals surface area contributed by atoms with Gasteiger partial charge in [-0.1, -0.05) is 0 Å². The van der Waals surface area contributed by atoms with E-state index in [1.54, 1.807) is 0 Å². The Morgan fingerprint density at radius 1 is 1.25 bits per heavy atom. The van der Waals surface area contributed by atoms with Crippen LogP contribution in [0.4, 0.5) is 0 Å². The van der Waals surface area contributed by atoms with E-state index in [2.05, 4.69) is 0 Å². The van der Waals surface area contributed by atoms with Crippen LogP contribution in [0.2, 0.25) is 0 Å². The van der Waals surface area contributed by atoms with Crippen molar-refractivity contribution < 1.29 is 22.3 Å². The zero-order chi connectivity index (χ0) is 0. The van der Waals surface area contributed by atoms with Crippen LogP contribution < -0.4 is 0 Å². The van der Waals surface area contributed by atoms with Gasteiger partial charge >= 0.3 is 68.7 Å². The fourth-order valence-electron chi connectivity index (χ4n) is 0. The van der Waals surface area contributed by atoms with Crippen LogP contribution in [0.3, 0.4) is 0 Å². The first-order valence-corrected chi connectivity index (χ1v) is 0. The molecule has 18 valence electrons. The second kappa shape index (κ2) is 16.9. The molecule has 0 saturated carbocycles. The van der Waals surface area contributed by atoms with E-state index in [-0.39, 0.29) is 91.0 Å². The van der Waals surface area contributed by atoms with Gasteiger partial charge in [0, 0.05) is 19.5 Å². The summed E-state index contributed by atoms with van der Waals surface area (Å²) in [5.41, 5.74) is 0. The maximum atomic E-state index is 0. The molecule has 0 saturated heterocycles. The summed E-state index contributed by atoms with van der Waals surface area (Å²) in [5.74, 6) is 0. The molecule has 0 rings (SSSR count). The molecule has 0 aliphatic carbocycles. The van der Waals surface area contributed by atoms with Crippen molar-refractivity contribution >= 4 is 68.7 Å². The fourth-order valence-corrected chi connectivity index (χ4v) is 0. The zero-order valence-corrected chi connectivity index (χ0v) is 5.80. The monoisotopic (exact) mass is 280 g/mol. The summed E-state index contributed by atoms with van der Waals surface area (Å²) >= 11 is 0. The van der Waals surface area contributed by atoms with Crippen molar-refractivity contribution in [3.63, 3.8) is 0 Å². The zero-order valence-electron chi connectivity index (χ0n) is 3.41. The Kier molecular flexibility index (Phi) is 120. The Bertz CT molecular complexity index is 13.5. The van der Waals surface area contributed by atoms with Gasteiger partial charge in [0.15, 0.2) is 0 Å². The average molecular weight is 282 g/mol. The van der Waals surface area contributed by atoms with Gasteiger partial charge in [-0.05, 0) is 0 Å². The van der Waals surface area contributed by atoms with E-state index >= 15 is 0 Å². The van der Waals surface area contributed by atoms with Crippen LogP contribution in [-0.2, 0) is 19.5 Å². The van der Waals surface area contributed by atoms with Crippen LogP contribution in [0.1, 0.15) is 2.85 Å². The summed E-state index contributed by atoms with van der Waals surface area (Å²) in [6.45, 7) is 0. The molecule has 0 aromatic rings. The van der Waals surface area contributed by atoms with Gasteiger partial charge in [0.2, 0.25) is 0 Å². The van der Waals surface area contributed by atoms with Crippen LogP contribution in [0.25, 0.3) is 0 Å². The van der Waals surface area contributed by atoms with Crippen LogP contribution in [0, 0.1) is 0 Å². The maximum Gasteiger partial charge on any atom is 2.00 e. The molecule has 0 N–H and O–H groups in total. The minimum absolute atomic E-state index is 0. The van der Waals surface area contributed by atoms with Gasteiger partial charge in [-0.3, -0.25) is 0 Å². The third kappa shape index (κ3) is 8.86. The summed E-state index contributed by atoms with van der Waals surface area (Å²) in [4.78, 5) is 0. The van der Waals surface area contributed by atoms with Crippen molar-refractivity contribution in [3.8, 4) is 0 Å². The maximum absolute atomic E-state index is 0. The molecule has 0 nitrogen and oxygen atoms in total. The molecule has 0 unspecified atom stereocenters. The molecule has 0 atom stereocenters. The smallest absolute Gasteiger partial charge is 0 e. The van der Waals surface area contributed by atoms with Gasteiger partial charge < -0.3 is 2.85 Å². The molecule has 4 heteroatoms. The van der Waals surface area contributed by atoms with Crippen molar-refractivity contribution in [1.82, 2.24) is 0 Å². The predicted octanol–water partition coefficient (Wildman–Crippen LogP) is -2.53. The van der Waals surface area contributed by atoms with Gasteiger partial charge in [-0.25, -0.2) is 0 Å². The summed E-state index contributed by atoms with van der Waals surface area (Å²) in [5, 5.41) is 0. The van der Waals surface area contributed by atoms with Crippen molar-refractivity contribution in [1.29, 1.82) is 0 Å². The molecule has 0 aromatic carbocycles. The second-order valence-electron chi connectivity index (χ2n) is 0. The Labute approximate surface area is 89.6 Å². The summed E-state index contributed by atoms with van der Waals surface area (Å²) in [7, 11) is 0. The normalized spacial score (nSPS) is 0. The van der Waals surface area contributed by atoms with Crippen LogP contribution in [-0.4, -0.2) is 68.7 Å². The van der Waals surface area contributed by atoms with Crippen LogP contribution in [0.15, 0.2) is 0 Å².